The summed E-state index contributed by atoms with van der Waals surface area (Å²) < 4.78 is 17.6. The second-order valence-corrected chi connectivity index (χ2v) is 13.6. The molecule has 1 aliphatic heterocycles. The lowest BCUT2D eigenvalue weighted by Crippen LogP contribution is -2.56. The second kappa shape index (κ2) is 15.6. The molecule has 0 spiro atoms. The van der Waals surface area contributed by atoms with Crippen LogP contribution >= 0.6 is 12.2 Å². The zero-order chi connectivity index (χ0) is 34.3. The highest BCUT2D eigenvalue weighted by molar-refractivity contribution is 7.80. The molecule has 1 saturated heterocycles. The molecular weight excluding hydrogens is 616 g/mol. The Morgan fingerprint density at radius 2 is 1.83 bits per heavy atom. The van der Waals surface area contributed by atoms with Crippen LogP contribution in [0, 0.1) is 5.92 Å². The zero-order valence-electron chi connectivity index (χ0n) is 28.2. The molecule has 252 valence electrons. The second-order valence-electron chi connectivity index (χ2n) is 13.1. The Hall–Kier alpha value is -4.25. The number of nitrogens with one attached hydrogen (secondary N) is 2. The quantitative estimate of drug-likeness (QED) is 0.175. The normalized spacial score (nSPS) is 17.6. The minimum atomic E-state index is -0.870. The van der Waals surface area contributed by atoms with E-state index in [0.717, 1.165) is 29.4 Å². The van der Waals surface area contributed by atoms with Crippen LogP contribution in [0.5, 0.6) is 11.5 Å². The average molecular weight is 663 g/mol. The monoisotopic (exact) mass is 662 g/mol. The van der Waals surface area contributed by atoms with Crippen molar-refractivity contribution < 1.29 is 28.6 Å². The van der Waals surface area contributed by atoms with Gasteiger partial charge in [0.05, 0.1) is 41.9 Å². The number of carbonyl (C=O) groups excluding carboxylic acids is 3. The highest BCUT2D eigenvalue weighted by atomic mass is 32.1. The number of aldehydes is 1. The Bertz CT molecular complexity index is 1570. The van der Waals surface area contributed by atoms with Gasteiger partial charge in [-0.3, -0.25) is 4.79 Å². The van der Waals surface area contributed by atoms with Crippen molar-refractivity contribution in [2.75, 3.05) is 13.7 Å². The molecule has 0 bridgehead atoms. The molecule has 1 unspecified atom stereocenters. The van der Waals surface area contributed by atoms with Gasteiger partial charge in [-0.1, -0.05) is 69.7 Å². The summed E-state index contributed by atoms with van der Waals surface area (Å²) in [6.07, 6.45) is 1.49. The number of methoxy groups -OCH3 is 1. The maximum atomic E-state index is 14.2. The molecule has 11 heteroatoms. The van der Waals surface area contributed by atoms with Crippen molar-refractivity contribution in [1.29, 1.82) is 0 Å². The Morgan fingerprint density at radius 3 is 2.45 bits per heavy atom. The van der Waals surface area contributed by atoms with Crippen molar-refractivity contribution in [3.05, 3.63) is 54.6 Å². The molecule has 2 N–H and O–H groups in total. The van der Waals surface area contributed by atoms with Crippen molar-refractivity contribution in [3.8, 4) is 22.8 Å². The summed E-state index contributed by atoms with van der Waals surface area (Å²) in [7, 11) is 1.61. The number of fused-ring (bicyclic) bond motifs is 1. The first kappa shape index (κ1) is 35.6. The van der Waals surface area contributed by atoms with E-state index in [-0.39, 0.29) is 18.4 Å². The van der Waals surface area contributed by atoms with Crippen LogP contribution in [0.1, 0.15) is 60.8 Å². The molecule has 0 saturated carbocycles. The van der Waals surface area contributed by atoms with E-state index < -0.39 is 35.9 Å². The molecule has 10 nitrogen and oxygen atoms in total. The number of ether oxygens (including phenoxy) is 3. The molecule has 47 heavy (non-hydrogen) atoms. The summed E-state index contributed by atoms with van der Waals surface area (Å²) in [6.45, 7) is 11.2. The van der Waals surface area contributed by atoms with Crippen molar-refractivity contribution in [2.24, 2.45) is 5.92 Å². The number of hydrogen-bond acceptors (Lipinski definition) is 8. The van der Waals surface area contributed by atoms with E-state index >= 15 is 0 Å². The third-order valence-electron chi connectivity index (χ3n) is 7.89. The fourth-order valence-corrected chi connectivity index (χ4v) is 5.98. The summed E-state index contributed by atoms with van der Waals surface area (Å²) in [5.41, 5.74) is 1.64. The van der Waals surface area contributed by atoms with Gasteiger partial charge in [0, 0.05) is 29.5 Å². The molecule has 4 atom stereocenters. The van der Waals surface area contributed by atoms with Crippen LogP contribution in [0.15, 0.2) is 54.6 Å². The predicted octanol–water partition coefficient (Wildman–Crippen LogP) is 6.09. The first-order valence-electron chi connectivity index (χ1n) is 16.1. The van der Waals surface area contributed by atoms with Crippen molar-refractivity contribution in [1.82, 2.24) is 20.5 Å². The van der Waals surface area contributed by atoms with Crippen molar-refractivity contribution in [3.63, 3.8) is 0 Å². The van der Waals surface area contributed by atoms with E-state index in [1.165, 1.54) is 0 Å². The molecule has 2 aromatic carbocycles. The smallest absolute Gasteiger partial charge is 0.408 e. The maximum Gasteiger partial charge on any atom is 0.408 e. The van der Waals surface area contributed by atoms with E-state index in [1.807, 2.05) is 75.4 Å². The van der Waals surface area contributed by atoms with Gasteiger partial charge in [-0.15, -0.1) is 0 Å². The van der Waals surface area contributed by atoms with E-state index in [2.05, 4.69) is 10.6 Å². The van der Waals surface area contributed by atoms with Gasteiger partial charge in [-0.05, 0) is 45.2 Å². The highest BCUT2D eigenvalue weighted by Gasteiger charge is 2.43. The van der Waals surface area contributed by atoms with Gasteiger partial charge in [0.15, 0.2) is 0 Å². The van der Waals surface area contributed by atoms with Crippen LogP contribution in [-0.4, -0.2) is 76.6 Å². The van der Waals surface area contributed by atoms with E-state index in [4.69, 9.17) is 31.4 Å². The molecule has 0 aliphatic carbocycles. The number of rotatable bonds is 12. The van der Waals surface area contributed by atoms with Crippen molar-refractivity contribution in [2.45, 2.75) is 90.6 Å². The van der Waals surface area contributed by atoms with Crippen LogP contribution in [0.3, 0.4) is 0 Å². The first-order chi connectivity index (χ1) is 22.3. The minimum absolute atomic E-state index is 0.213. The number of pyridine rings is 1. The number of hydrogen-bond donors (Lipinski definition) is 2. The highest BCUT2D eigenvalue weighted by Crippen LogP contribution is 2.35. The summed E-state index contributed by atoms with van der Waals surface area (Å²) >= 11 is 5.83. The Kier molecular flexibility index (Phi) is 11.8. The molecular formula is C36H46N4O6S. The summed E-state index contributed by atoms with van der Waals surface area (Å²) in [6, 6.07) is 15.4. The number of benzene rings is 2. The van der Waals surface area contributed by atoms with Gasteiger partial charge in [0.2, 0.25) is 5.91 Å². The number of thiocarbonyl (C=S) groups is 1. The fourth-order valence-electron chi connectivity index (χ4n) is 5.60. The number of carbonyl (C=O) groups is 3. The van der Waals surface area contributed by atoms with E-state index in [1.54, 1.807) is 32.8 Å². The standard InChI is InChI=1S/C36H46N4O6S/c1-8-12-24(21-41)37-33(47)30-18-26(20-40(30)34(42)32(22(2)3)39-35(43)46-36(4,5)6)45-31-19-28(23-13-10-9-11-14-23)38-29-17-25(44-7)15-16-27(29)31/h9-11,13-17,19,21-22,24,26,30,32H,8,12,18,20H2,1-7H3,(H,37,47)(H,39,43)/t24-,26+,30-,32?/m0/s1. The molecule has 4 rings (SSSR count). The number of likely N-dealkylation sites (tertiary alicyclic amines) is 1. The molecule has 1 fully saturated rings. The Balaban J connectivity index is 1.69. The molecule has 1 aromatic heterocycles. The lowest BCUT2D eigenvalue weighted by Gasteiger charge is -2.32. The zero-order valence-corrected chi connectivity index (χ0v) is 29.1. The molecule has 0 radical (unpaired) electrons. The molecule has 1 aliphatic rings. The van der Waals surface area contributed by atoms with Gasteiger partial charge in [-0.2, -0.15) is 0 Å². The van der Waals surface area contributed by atoms with Gasteiger partial charge < -0.3 is 34.5 Å². The van der Waals surface area contributed by atoms with Crippen LogP contribution in [0.25, 0.3) is 22.2 Å². The topological polar surface area (TPSA) is 119 Å². The van der Waals surface area contributed by atoms with Crippen molar-refractivity contribution >= 4 is 46.4 Å². The van der Waals surface area contributed by atoms with Gasteiger partial charge in [0.25, 0.3) is 0 Å². The summed E-state index contributed by atoms with van der Waals surface area (Å²) in [5, 5.41) is 6.74. The van der Waals surface area contributed by atoms with Gasteiger partial charge in [0.1, 0.15) is 35.5 Å². The lowest BCUT2D eigenvalue weighted by atomic mass is 10.0. The third-order valence-corrected chi connectivity index (χ3v) is 8.28. The molecule has 3 aromatic rings. The number of alkyl carbamates (subject to hydrolysis) is 1. The molecule has 2 heterocycles. The fraction of sp³-hybridized carbons (Fsp3) is 0.472. The SMILES string of the molecule is CCC[C@@H](C=O)NC(=S)[C@@H]1C[C@@H](Oc2cc(-c3ccccc3)nc3cc(OC)ccc23)CN1C(=O)C(NC(=O)OC(C)(C)C)C(C)C. The largest absolute Gasteiger partial charge is 0.497 e. The lowest BCUT2D eigenvalue weighted by molar-refractivity contribution is -0.134. The third kappa shape index (κ3) is 9.18. The van der Waals surface area contributed by atoms with E-state index in [9.17, 15) is 14.4 Å². The average Bonchev–Trinajstić information content (AvgIpc) is 3.46. The van der Waals surface area contributed by atoms with Crippen LogP contribution in [0.4, 0.5) is 4.79 Å². The van der Waals surface area contributed by atoms with Gasteiger partial charge in [-0.25, -0.2) is 9.78 Å². The first-order valence-corrected chi connectivity index (χ1v) is 16.5. The predicted molar refractivity (Wildman–Crippen MR) is 187 cm³/mol. The minimum Gasteiger partial charge on any atom is -0.497 e. The number of amides is 2. The van der Waals surface area contributed by atoms with E-state index in [0.29, 0.717) is 34.8 Å². The van der Waals surface area contributed by atoms with Crippen LogP contribution < -0.4 is 20.1 Å². The Morgan fingerprint density at radius 1 is 1.11 bits per heavy atom. The number of nitrogens with zero attached hydrogens (tertiary/aromatic N) is 2. The maximum absolute atomic E-state index is 14.2. The number of aromatic nitrogens is 1. The van der Waals surface area contributed by atoms with Crippen LogP contribution in [0.2, 0.25) is 0 Å². The van der Waals surface area contributed by atoms with Crippen LogP contribution in [-0.2, 0) is 14.3 Å². The Labute approximate surface area is 282 Å². The molecule has 2 amide bonds. The summed E-state index contributed by atoms with van der Waals surface area (Å²) in [4.78, 5) is 45.7. The van der Waals surface area contributed by atoms with Gasteiger partial charge >= 0.3 is 6.09 Å². The summed E-state index contributed by atoms with van der Waals surface area (Å²) in [5.74, 6) is 0.730.